The minimum absolute atomic E-state index is 0. The van der Waals surface area contributed by atoms with E-state index in [0.717, 1.165) is 42.5 Å². The van der Waals surface area contributed by atoms with Crippen molar-refractivity contribution >= 4 is 47.5 Å². The fourth-order valence-electron chi connectivity index (χ4n) is 2.07. The first-order valence-corrected chi connectivity index (χ1v) is 7.67. The van der Waals surface area contributed by atoms with Crippen LogP contribution < -0.4 is 5.32 Å². The van der Waals surface area contributed by atoms with Gasteiger partial charge in [-0.2, -0.15) is 0 Å². The van der Waals surface area contributed by atoms with Gasteiger partial charge in [0.2, 0.25) is 0 Å². The number of hydrogen-bond acceptors (Lipinski definition) is 3. The number of benzene rings is 1. The first kappa shape index (κ1) is 22.0. The summed E-state index contributed by atoms with van der Waals surface area (Å²) in [5.41, 5.74) is 1.13. The van der Waals surface area contributed by atoms with Crippen molar-refractivity contribution in [2.45, 2.75) is 25.8 Å². The molecule has 1 aromatic rings. The smallest absolute Gasteiger partial charge is 0.305 e. The SMILES string of the molecule is CN=C(NCCCCC(=O)OC)N(C)Cc1cccc(Cl)c1.I. The van der Waals surface area contributed by atoms with Gasteiger partial charge in [-0.3, -0.25) is 9.79 Å². The van der Waals surface area contributed by atoms with E-state index in [2.05, 4.69) is 15.0 Å². The highest BCUT2D eigenvalue weighted by molar-refractivity contribution is 14.0. The molecule has 1 N–H and O–H groups in total. The Bertz CT molecular complexity index is 512. The van der Waals surface area contributed by atoms with Crippen LogP contribution in [0.3, 0.4) is 0 Å². The summed E-state index contributed by atoms with van der Waals surface area (Å²) >= 11 is 6.00. The van der Waals surface area contributed by atoms with Crippen LogP contribution in [0.5, 0.6) is 0 Å². The first-order chi connectivity index (χ1) is 10.6. The van der Waals surface area contributed by atoms with Crippen LogP contribution in [0.25, 0.3) is 0 Å². The maximum absolute atomic E-state index is 11.0. The number of carbonyl (C=O) groups excluding carboxylic acids is 1. The average molecular weight is 454 g/mol. The molecule has 0 aromatic heterocycles. The van der Waals surface area contributed by atoms with Gasteiger partial charge in [-0.05, 0) is 30.5 Å². The van der Waals surface area contributed by atoms with Gasteiger partial charge in [0, 0.05) is 38.6 Å². The standard InChI is InChI=1S/C16H24ClN3O2.HI/c1-18-16(19-10-5-4-9-15(21)22-3)20(2)12-13-7-6-8-14(17)11-13;/h6-8,11H,4-5,9-10,12H2,1-3H3,(H,18,19);1H. The topological polar surface area (TPSA) is 53.9 Å². The second-order valence-corrected chi connectivity index (χ2v) is 5.43. The fraction of sp³-hybridized carbons (Fsp3) is 0.500. The summed E-state index contributed by atoms with van der Waals surface area (Å²) in [5, 5.41) is 4.02. The average Bonchev–Trinajstić information content (AvgIpc) is 2.50. The Kier molecular flexibility index (Phi) is 11.9. The van der Waals surface area contributed by atoms with E-state index in [1.165, 1.54) is 7.11 Å². The lowest BCUT2D eigenvalue weighted by molar-refractivity contribution is -0.140. The maximum Gasteiger partial charge on any atom is 0.305 e. The summed E-state index contributed by atoms with van der Waals surface area (Å²) in [6, 6.07) is 7.78. The molecule has 0 saturated carbocycles. The molecular weight excluding hydrogens is 429 g/mol. The molecule has 0 atom stereocenters. The third-order valence-corrected chi connectivity index (χ3v) is 3.44. The van der Waals surface area contributed by atoms with Crippen molar-refractivity contribution < 1.29 is 9.53 Å². The first-order valence-electron chi connectivity index (χ1n) is 7.30. The molecule has 0 aliphatic carbocycles. The predicted octanol–water partition coefficient (Wildman–Crippen LogP) is 3.31. The van der Waals surface area contributed by atoms with Gasteiger partial charge in [0.05, 0.1) is 7.11 Å². The van der Waals surface area contributed by atoms with Crippen molar-refractivity contribution in [3.8, 4) is 0 Å². The Morgan fingerprint density at radius 1 is 1.39 bits per heavy atom. The number of nitrogens with zero attached hydrogens (tertiary/aromatic N) is 2. The molecule has 5 nitrogen and oxygen atoms in total. The third-order valence-electron chi connectivity index (χ3n) is 3.20. The quantitative estimate of drug-likeness (QED) is 0.226. The molecule has 0 saturated heterocycles. The van der Waals surface area contributed by atoms with Gasteiger partial charge in [0.15, 0.2) is 5.96 Å². The van der Waals surface area contributed by atoms with Crippen LogP contribution in [0.4, 0.5) is 0 Å². The lowest BCUT2D eigenvalue weighted by atomic mass is 10.2. The predicted molar refractivity (Wildman–Crippen MR) is 106 cm³/mol. The van der Waals surface area contributed by atoms with E-state index in [1.807, 2.05) is 36.2 Å². The van der Waals surface area contributed by atoms with Crippen LogP contribution in [0, 0.1) is 0 Å². The fourth-order valence-corrected chi connectivity index (χ4v) is 2.28. The lowest BCUT2D eigenvalue weighted by Gasteiger charge is -2.22. The van der Waals surface area contributed by atoms with Crippen molar-refractivity contribution in [2.75, 3.05) is 27.7 Å². The Labute approximate surface area is 160 Å². The molecule has 0 aliphatic rings. The maximum atomic E-state index is 11.0. The molecule has 7 heteroatoms. The van der Waals surface area contributed by atoms with E-state index in [9.17, 15) is 4.79 Å². The molecular formula is C16H25ClIN3O2. The Morgan fingerprint density at radius 2 is 2.13 bits per heavy atom. The van der Waals surface area contributed by atoms with Crippen molar-refractivity contribution in [3.05, 3.63) is 34.9 Å². The number of hydrogen-bond donors (Lipinski definition) is 1. The number of unbranched alkanes of at least 4 members (excludes halogenated alkanes) is 1. The van der Waals surface area contributed by atoms with Crippen LogP contribution >= 0.6 is 35.6 Å². The number of ether oxygens (including phenoxy) is 1. The van der Waals surface area contributed by atoms with Crippen LogP contribution in [-0.2, 0) is 16.1 Å². The second-order valence-electron chi connectivity index (χ2n) is 4.99. The Morgan fingerprint density at radius 3 is 2.74 bits per heavy atom. The number of carbonyl (C=O) groups is 1. The molecule has 0 unspecified atom stereocenters. The van der Waals surface area contributed by atoms with E-state index < -0.39 is 0 Å². The third kappa shape index (κ3) is 9.00. The van der Waals surface area contributed by atoms with E-state index in [4.69, 9.17) is 11.6 Å². The molecule has 0 amide bonds. The highest BCUT2D eigenvalue weighted by atomic mass is 127. The summed E-state index contributed by atoms with van der Waals surface area (Å²) in [6.07, 6.45) is 2.14. The molecule has 0 radical (unpaired) electrons. The highest BCUT2D eigenvalue weighted by Crippen LogP contribution is 2.12. The number of guanidine groups is 1. The number of aliphatic imine (C=N–C) groups is 1. The highest BCUT2D eigenvalue weighted by Gasteiger charge is 2.07. The summed E-state index contributed by atoms with van der Waals surface area (Å²) < 4.78 is 4.61. The van der Waals surface area contributed by atoms with Crippen molar-refractivity contribution in [2.24, 2.45) is 4.99 Å². The van der Waals surface area contributed by atoms with Crippen molar-refractivity contribution in [1.82, 2.24) is 10.2 Å². The zero-order chi connectivity index (χ0) is 16.4. The van der Waals surface area contributed by atoms with Gasteiger partial charge in [0.1, 0.15) is 0 Å². The summed E-state index contributed by atoms with van der Waals surface area (Å²) in [4.78, 5) is 17.3. The van der Waals surface area contributed by atoms with Gasteiger partial charge in [0.25, 0.3) is 0 Å². The summed E-state index contributed by atoms with van der Waals surface area (Å²) in [5.74, 6) is 0.653. The van der Waals surface area contributed by atoms with Crippen LogP contribution in [0.15, 0.2) is 29.3 Å². The minimum atomic E-state index is -0.164. The monoisotopic (exact) mass is 453 g/mol. The van der Waals surface area contributed by atoms with Crippen molar-refractivity contribution in [1.29, 1.82) is 0 Å². The number of rotatable bonds is 7. The van der Waals surface area contributed by atoms with Gasteiger partial charge < -0.3 is 15.0 Å². The zero-order valence-electron chi connectivity index (χ0n) is 13.8. The molecule has 0 spiro atoms. The van der Waals surface area contributed by atoms with Gasteiger partial charge in [-0.15, -0.1) is 24.0 Å². The molecule has 23 heavy (non-hydrogen) atoms. The summed E-state index contributed by atoms with van der Waals surface area (Å²) in [6.45, 7) is 1.49. The van der Waals surface area contributed by atoms with Crippen LogP contribution in [-0.4, -0.2) is 44.6 Å². The molecule has 1 rings (SSSR count). The molecule has 0 bridgehead atoms. The normalized spacial score (nSPS) is 10.7. The number of nitrogens with one attached hydrogen (secondary N) is 1. The molecule has 0 heterocycles. The van der Waals surface area contributed by atoms with Gasteiger partial charge >= 0.3 is 5.97 Å². The second kappa shape index (κ2) is 12.4. The largest absolute Gasteiger partial charge is 0.469 e. The molecule has 1 aromatic carbocycles. The molecule has 130 valence electrons. The van der Waals surface area contributed by atoms with Gasteiger partial charge in [-0.1, -0.05) is 23.7 Å². The molecule has 0 fully saturated rings. The van der Waals surface area contributed by atoms with Crippen LogP contribution in [0.2, 0.25) is 5.02 Å². The number of esters is 1. The zero-order valence-corrected chi connectivity index (χ0v) is 16.9. The van der Waals surface area contributed by atoms with Gasteiger partial charge in [-0.25, -0.2) is 0 Å². The number of halogens is 2. The minimum Gasteiger partial charge on any atom is -0.469 e. The summed E-state index contributed by atoms with van der Waals surface area (Å²) in [7, 11) is 5.14. The van der Waals surface area contributed by atoms with E-state index >= 15 is 0 Å². The number of methoxy groups -OCH3 is 1. The van der Waals surface area contributed by atoms with E-state index in [1.54, 1.807) is 7.05 Å². The Hall–Kier alpha value is -1.02. The molecule has 0 aliphatic heterocycles. The van der Waals surface area contributed by atoms with Crippen molar-refractivity contribution in [3.63, 3.8) is 0 Å². The van der Waals surface area contributed by atoms with Crippen LogP contribution in [0.1, 0.15) is 24.8 Å². The van der Waals surface area contributed by atoms with E-state index in [-0.39, 0.29) is 29.9 Å². The van der Waals surface area contributed by atoms with E-state index in [0.29, 0.717) is 6.42 Å². The lowest BCUT2D eigenvalue weighted by Crippen LogP contribution is -2.38. The Balaban J connectivity index is 0.00000484.